The standard InChI is InChI=1S/C22H21F3N4O3/c23-22(24,25)16-4-3-5-17(14-16)29-19(27-8-1-2-9-27)18(15-26-29)20(30)28-10-6-21(7-11-28)31-12-13-32-21/h1-5,8-9,14-15H,6-7,10-13H2. The molecule has 4 heterocycles. The van der Waals surface area contributed by atoms with Crippen molar-refractivity contribution in [2.24, 2.45) is 0 Å². The lowest BCUT2D eigenvalue weighted by Crippen LogP contribution is -2.47. The molecule has 0 N–H and O–H groups in total. The highest BCUT2D eigenvalue weighted by Gasteiger charge is 2.41. The molecule has 0 bridgehead atoms. The molecule has 168 valence electrons. The molecule has 0 atom stereocenters. The molecule has 2 aliphatic rings. The fraction of sp³-hybridized carbons (Fsp3) is 0.364. The molecular weight excluding hydrogens is 425 g/mol. The third-order valence-electron chi connectivity index (χ3n) is 5.87. The van der Waals surface area contributed by atoms with E-state index >= 15 is 0 Å². The summed E-state index contributed by atoms with van der Waals surface area (Å²) < 4.78 is 54.2. The van der Waals surface area contributed by atoms with E-state index in [1.54, 1.807) is 34.0 Å². The van der Waals surface area contributed by atoms with Crippen LogP contribution in [0, 0.1) is 0 Å². The third-order valence-corrected chi connectivity index (χ3v) is 5.87. The average Bonchev–Trinajstić information content (AvgIpc) is 3.54. The highest BCUT2D eigenvalue weighted by molar-refractivity contribution is 5.97. The Hall–Kier alpha value is -3.11. The van der Waals surface area contributed by atoms with Gasteiger partial charge >= 0.3 is 6.18 Å². The van der Waals surface area contributed by atoms with Gasteiger partial charge in [0.25, 0.3) is 5.91 Å². The molecule has 0 radical (unpaired) electrons. The van der Waals surface area contributed by atoms with Crippen LogP contribution in [0.15, 0.2) is 55.0 Å². The van der Waals surface area contributed by atoms with Crippen molar-refractivity contribution in [2.75, 3.05) is 26.3 Å². The monoisotopic (exact) mass is 446 g/mol. The van der Waals surface area contributed by atoms with Crippen LogP contribution in [0.3, 0.4) is 0 Å². The van der Waals surface area contributed by atoms with Crippen LogP contribution in [0.5, 0.6) is 0 Å². The number of halogens is 3. The molecule has 10 heteroatoms. The van der Waals surface area contributed by atoms with Crippen molar-refractivity contribution in [3.05, 3.63) is 66.1 Å². The van der Waals surface area contributed by atoms with Gasteiger partial charge in [-0.3, -0.25) is 4.79 Å². The number of hydrogen-bond donors (Lipinski definition) is 0. The molecule has 1 spiro atoms. The second-order valence-electron chi connectivity index (χ2n) is 7.83. The maximum Gasteiger partial charge on any atom is 0.416 e. The number of benzene rings is 1. The van der Waals surface area contributed by atoms with E-state index < -0.39 is 17.5 Å². The number of carbonyl (C=O) groups excluding carboxylic acids is 1. The van der Waals surface area contributed by atoms with E-state index in [9.17, 15) is 18.0 Å². The molecule has 2 saturated heterocycles. The van der Waals surface area contributed by atoms with Crippen LogP contribution in [0.25, 0.3) is 11.5 Å². The second-order valence-corrected chi connectivity index (χ2v) is 7.83. The lowest BCUT2D eigenvalue weighted by Gasteiger charge is -2.37. The Morgan fingerprint density at radius 2 is 1.72 bits per heavy atom. The molecule has 32 heavy (non-hydrogen) atoms. The van der Waals surface area contributed by atoms with Gasteiger partial charge in [0, 0.05) is 38.3 Å². The van der Waals surface area contributed by atoms with Crippen molar-refractivity contribution in [3.8, 4) is 11.5 Å². The summed E-state index contributed by atoms with van der Waals surface area (Å²) >= 11 is 0. The summed E-state index contributed by atoms with van der Waals surface area (Å²) in [5.41, 5.74) is -0.259. The predicted molar refractivity (Wildman–Crippen MR) is 108 cm³/mol. The predicted octanol–water partition coefficient (Wildman–Crippen LogP) is 3.66. The van der Waals surface area contributed by atoms with E-state index in [0.717, 1.165) is 12.1 Å². The van der Waals surface area contributed by atoms with Crippen molar-refractivity contribution in [1.29, 1.82) is 0 Å². The van der Waals surface area contributed by atoms with Gasteiger partial charge in [0.1, 0.15) is 5.56 Å². The lowest BCUT2D eigenvalue weighted by molar-refractivity contribution is -0.181. The molecule has 1 amide bonds. The van der Waals surface area contributed by atoms with Crippen molar-refractivity contribution >= 4 is 5.91 Å². The van der Waals surface area contributed by atoms with E-state index in [2.05, 4.69) is 5.10 Å². The molecule has 0 unspecified atom stereocenters. The van der Waals surface area contributed by atoms with Crippen LogP contribution in [0.1, 0.15) is 28.8 Å². The average molecular weight is 446 g/mol. The number of hydrogen-bond acceptors (Lipinski definition) is 4. The molecule has 1 aromatic carbocycles. The lowest BCUT2D eigenvalue weighted by atomic mass is 10.0. The first-order chi connectivity index (χ1) is 15.4. The van der Waals surface area contributed by atoms with Crippen molar-refractivity contribution in [2.45, 2.75) is 24.8 Å². The smallest absolute Gasteiger partial charge is 0.347 e. The molecule has 2 fully saturated rings. The number of ether oxygens (including phenoxy) is 2. The van der Waals surface area contributed by atoms with E-state index in [-0.39, 0.29) is 11.6 Å². The zero-order valence-corrected chi connectivity index (χ0v) is 17.1. The van der Waals surface area contributed by atoms with Crippen LogP contribution < -0.4 is 0 Å². The van der Waals surface area contributed by atoms with Crippen LogP contribution >= 0.6 is 0 Å². The number of alkyl halides is 3. The second kappa shape index (κ2) is 7.79. The Bertz CT molecular complexity index is 1110. The molecule has 0 saturated carbocycles. The van der Waals surface area contributed by atoms with Crippen LogP contribution in [-0.2, 0) is 15.7 Å². The fourth-order valence-corrected chi connectivity index (χ4v) is 4.23. The van der Waals surface area contributed by atoms with Gasteiger partial charge in [0.05, 0.1) is 30.7 Å². The summed E-state index contributed by atoms with van der Waals surface area (Å²) in [6, 6.07) is 8.43. The van der Waals surface area contributed by atoms with E-state index in [1.165, 1.54) is 23.0 Å². The molecule has 5 rings (SSSR count). The molecular formula is C22H21F3N4O3. The first-order valence-electron chi connectivity index (χ1n) is 10.3. The zero-order chi connectivity index (χ0) is 22.3. The minimum Gasteiger partial charge on any atom is -0.347 e. The Balaban J connectivity index is 1.49. The van der Waals surface area contributed by atoms with Gasteiger partial charge in [-0.15, -0.1) is 0 Å². The fourth-order valence-electron chi connectivity index (χ4n) is 4.23. The molecule has 3 aromatic rings. The van der Waals surface area contributed by atoms with E-state index in [0.29, 0.717) is 50.5 Å². The highest BCUT2D eigenvalue weighted by atomic mass is 19.4. The minimum absolute atomic E-state index is 0.216. The molecule has 7 nitrogen and oxygen atoms in total. The Kier molecular flexibility index (Phi) is 5.06. The summed E-state index contributed by atoms with van der Waals surface area (Å²) in [5.74, 6) is -0.463. The van der Waals surface area contributed by atoms with Crippen LogP contribution in [0.2, 0.25) is 0 Å². The van der Waals surface area contributed by atoms with Gasteiger partial charge in [-0.2, -0.15) is 18.3 Å². The number of likely N-dealkylation sites (tertiary alicyclic amines) is 1. The number of carbonyl (C=O) groups is 1. The number of rotatable bonds is 3. The van der Waals surface area contributed by atoms with E-state index in [1.807, 2.05) is 0 Å². The quantitative estimate of drug-likeness (QED) is 0.616. The van der Waals surface area contributed by atoms with E-state index in [4.69, 9.17) is 9.47 Å². The minimum atomic E-state index is -4.48. The number of piperidine rings is 1. The van der Waals surface area contributed by atoms with Gasteiger partial charge in [-0.1, -0.05) is 6.07 Å². The molecule has 2 aromatic heterocycles. The molecule has 0 aliphatic carbocycles. The van der Waals surface area contributed by atoms with Crippen LogP contribution in [-0.4, -0.2) is 57.2 Å². The summed E-state index contributed by atoms with van der Waals surface area (Å²) in [6.45, 7) is 2.02. The maximum atomic E-state index is 13.4. The number of amides is 1. The summed E-state index contributed by atoms with van der Waals surface area (Å²) in [5, 5.41) is 4.28. The zero-order valence-electron chi connectivity index (χ0n) is 17.1. The van der Waals surface area contributed by atoms with Gasteiger partial charge in [0.15, 0.2) is 11.6 Å². The number of nitrogens with zero attached hydrogens (tertiary/aromatic N) is 4. The van der Waals surface area contributed by atoms with Gasteiger partial charge in [-0.05, 0) is 30.3 Å². The van der Waals surface area contributed by atoms with Gasteiger partial charge in [0.2, 0.25) is 0 Å². The highest BCUT2D eigenvalue weighted by Crippen LogP contribution is 2.33. The maximum absolute atomic E-state index is 13.4. The van der Waals surface area contributed by atoms with Crippen molar-refractivity contribution < 1.29 is 27.4 Å². The summed E-state index contributed by atoms with van der Waals surface area (Å²) in [6.07, 6.45) is 1.51. The normalized spacial score (nSPS) is 18.4. The van der Waals surface area contributed by atoms with Gasteiger partial charge in [-0.25, -0.2) is 4.68 Å². The van der Waals surface area contributed by atoms with Gasteiger partial charge < -0.3 is 18.9 Å². The van der Waals surface area contributed by atoms with Crippen molar-refractivity contribution in [1.82, 2.24) is 19.2 Å². The Labute approximate surface area is 181 Å². The summed E-state index contributed by atoms with van der Waals surface area (Å²) in [7, 11) is 0. The number of aromatic nitrogens is 3. The first-order valence-corrected chi connectivity index (χ1v) is 10.3. The SMILES string of the molecule is O=C(c1cnn(-c2cccc(C(F)(F)F)c2)c1-n1cccc1)N1CCC2(CC1)OCCO2. The van der Waals surface area contributed by atoms with Crippen LogP contribution in [0.4, 0.5) is 13.2 Å². The Morgan fingerprint density at radius 1 is 1.03 bits per heavy atom. The molecule has 2 aliphatic heterocycles. The first kappa shape index (κ1) is 20.8. The topological polar surface area (TPSA) is 61.5 Å². The third kappa shape index (κ3) is 3.69. The summed E-state index contributed by atoms with van der Waals surface area (Å²) in [4.78, 5) is 15.1. The van der Waals surface area contributed by atoms with Crippen molar-refractivity contribution in [3.63, 3.8) is 0 Å². The Morgan fingerprint density at radius 3 is 2.38 bits per heavy atom. The largest absolute Gasteiger partial charge is 0.416 e.